The van der Waals surface area contributed by atoms with Crippen LogP contribution in [-0.2, 0) is 0 Å². The molecular weight excluding hydrogens is 733 g/mol. The van der Waals surface area contributed by atoms with E-state index >= 15 is 0 Å². The molecule has 0 amide bonds. The maximum absolute atomic E-state index is 6.56. The molecule has 0 radical (unpaired) electrons. The molecule has 0 bridgehead atoms. The van der Waals surface area contributed by atoms with Gasteiger partial charge < -0.3 is 18.6 Å². The van der Waals surface area contributed by atoms with E-state index in [1.807, 2.05) is 18.2 Å². The van der Waals surface area contributed by atoms with Crippen molar-refractivity contribution in [3.05, 3.63) is 218 Å². The van der Waals surface area contributed by atoms with E-state index in [2.05, 4.69) is 210 Å². The first kappa shape index (κ1) is 34.0. The van der Waals surface area contributed by atoms with Gasteiger partial charge in [0.25, 0.3) is 0 Å². The third-order valence-electron chi connectivity index (χ3n) is 11.8. The quantitative estimate of drug-likeness (QED) is 0.151. The summed E-state index contributed by atoms with van der Waals surface area (Å²) in [6.07, 6.45) is 0. The second-order valence-electron chi connectivity index (χ2n) is 15.3. The van der Waals surface area contributed by atoms with Gasteiger partial charge in [-0.25, -0.2) is 0 Å². The van der Waals surface area contributed by atoms with Gasteiger partial charge in [-0.15, -0.1) is 0 Å². The molecule has 0 saturated carbocycles. The lowest BCUT2D eigenvalue weighted by atomic mass is 9.97. The van der Waals surface area contributed by atoms with Crippen molar-refractivity contribution in [2.24, 2.45) is 0 Å². The van der Waals surface area contributed by atoms with E-state index in [1.54, 1.807) is 0 Å². The van der Waals surface area contributed by atoms with Crippen molar-refractivity contribution in [1.82, 2.24) is 0 Å². The Bertz CT molecular complexity index is 3550. The molecule has 12 rings (SSSR count). The molecule has 0 aliphatic carbocycles. The van der Waals surface area contributed by atoms with Crippen LogP contribution in [0.2, 0.25) is 0 Å². The molecule has 10 aromatic carbocycles. The summed E-state index contributed by atoms with van der Waals surface area (Å²) in [5, 5.41) is 9.00. The van der Waals surface area contributed by atoms with Gasteiger partial charge in [0, 0.05) is 55.4 Å². The van der Waals surface area contributed by atoms with E-state index in [-0.39, 0.29) is 0 Å². The number of fused-ring (bicyclic) bond motifs is 9. The molecule has 60 heavy (non-hydrogen) atoms. The van der Waals surface area contributed by atoms with Crippen LogP contribution in [0.4, 0.5) is 34.1 Å². The molecule has 282 valence electrons. The van der Waals surface area contributed by atoms with Crippen LogP contribution in [-0.4, -0.2) is 0 Å². The summed E-state index contributed by atoms with van der Waals surface area (Å²) in [6.45, 7) is 0. The Morgan fingerprint density at radius 1 is 0.250 bits per heavy atom. The van der Waals surface area contributed by atoms with Crippen LogP contribution in [0.3, 0.4) is 0 Å². The minimum atomic E-state index is 0.857. The molecule has 0 aliphatic heterocycles. The van der Waals surface area contributed by atoms with Crippen LogP contribution in [0.1, 0.15) is 0 Å². The van der Waals surface area contributed by atoms with Gasteiger partial charge in [-0.1, -0.05) is 127 Å². The molecule has 0 atom stereocenters. The number of hydrogen-bond acceptors (Lipinski definition) is 4. The second kappa shape index (κ2) is 13.8. The van der Waals surface area contributed by atoms with Crippen LogP contribution in [0.25, 0.3) is 76.5 Å². The lowest BCUT2D eigenvalue weighted by Crippen LogP contribution is -2.13. The van der Waals surface area contributed by atoms with Crippen LogP contribution >= 0.6 is 0 Å². The van der Waals surface area contributed by atoms with Crippen LogP contribution < -0.4 is 9.80 Å². The predicted molar refractivity (Wildman–Crippen MR) is 251 cm³/mol. The van der Waals surface area contributed by atoms with E-state index in [0.717, 1.165) is 88.8 Å². The van der Waals surface area contributed by atoms with Gasteiger partial charge in [-0.3, -0.25) is 0 Å². The van der Waals surface area contributed by atoms with Crippen LogP contribution in [0, 0.1) is 0 Å². The Hall–Kier alpha value is -8.08. The van der Waals surface area contributed by atoms with Crippen molar-refractivity contribution < 1.29 is 8.83 Å². The van der Waals surface area contributed by atoms with E-state index in [1.165, 1.54) is 21.9 Å². The molecule has 0 fully saturated rings. The summed E-state index contributed by atoms with van der Waals surface area (Å²) in [6, 6.07) is 77.6. The molecule has 12 aromatic rings. The first-order valence-electron chi connectivity index (χ1n) is 20.3. The standard InChI is InChI=1S/C56H36N2O2/c1-3-14-37(15-4-1)38-26-28-41(29-27-38)57(40-17-5-2-6-18-40)42-19-13-20-43(33-42)58(44-30-31-55-50(34-44)46-22-9-11-24-53(46)59-55)52-32-39-16-7-8-21-45(39)48-35-51-47-23-10-12-25-54(47)60-56(51)36-49(48)52/h1-36H. The Kier molecular flexibility index (Phi) is 7.82. The van der Waals surface area contributed by atoms with Crippen LogP contribution in [0.15, 0.2) is 227 Å². The molecular formula is C56H36N2O2. The number of nitrogens with zero attached hydrogens (tertiary/aromatic N) is 2. The van der Waals surface area contributed by atoms with Crippen molar-refractivity contribution in [1.29, 1.82) is 0 Å². The maximum Gasteiger partial charge on any atom is 0.136 e. The SMILES string of the molecule is c1ccc(-c2ccc(N(c3ccccc3)c3cccc(N(c4ccc5oc6ccccc6c5c4)c4cc5ccccc5c5cc6c(cc45)oc4ccccc46)c3)cc2)cc1. The van der Waals surface area contributed by atoms with Gasteiger partial charge in [0.1, 0.15) is 22.3 Å². The zero-order chi connectivity index (χ0) is 39.6. The lowest BCUT2D eigenvalue weighted by molar-refractivity contribution is 0.669. The molecule has 0 aliphatic rings. The van der Waals surface area contributed by atoms with E-state index in [4.69, 9.17) is 8.83 Å². The molecule has 0 spiro atoms. The Morgan fingerprint density at radius 2 is 0.767 bits per heavy atom. The highest BCUT2D eigenvalue weighted by Gasteiger charge is 2.22. The highest BCUT2D eigenvalue weighted by atomic mass is 16.3. The number of para-hydroxylation sites is 3. The largest absolute Gasteiger partial charge is 0.456 e. The fourth-order valence-electron chi connectivity index (χ4n) is 8.99. The van der Waals surface area contributed by atoms with Gasteiger partial charge in [0.15, 0.2) is 0 Å². The van der Waals surface area contributed by atoms with Gasteiger partial charge in [0.05, 0.1) is 5.69 Å². The average molecular weight is 769 g/mol. The van der Waals surface area contributed by atoms with Crippen molar-refractivity contribution in [2.45, 2.75) is 0 Å². The second-order valence-corrected chi connectivity index (χ2v) is 15.3. The van der Waals surface area contributed by atoms with Crippen molar-refractivity contribution in [2.75, 3.05) is 9.80 Å². The van der Waals surface area contributed by atoms with Gasteiger partial charge in [0.2, 0.25) is 0 Å². The summed E-state index contributed by atoms with van der Waals surface area (Å²) in [7, 11) is 0. The third-order valence-corrected chi connectivity index (χ3v) is 11.8. The topological polar surface area (TPSA) is 32.8 Å². The Labute approximate surface area is 346 Å². The first-order valence-corrected chi connectivity index (χ1v) is 20.3. The van der Waals surface area contributed by atoms with Crippen LogP contribution in [0.5, 0.6) is 0 Å². The zero-order valence-corrected chi connectivity index (χ0v) is 32.5. The van der Waals surface area contributed by atoms with Gasteiger partial charge in [-0.05, 0) is 118 Å². The van der Waals surface area contributed by atoms with Gasteiger partial charge >= 0.3 is 0 Å². The summed E-state index contributed by atoms with van der Waals surface area (Å²) < 4.78 is 12.9. The van der Waals surface area contributed by atoms with E-state index < -0.39 is 0 Å². The lowest BCUT2D eigenvalue weighted by Gasteiger charge is -2.30. The number of hydrogen-bond donors (Lipinski definition) is 0. The number of anilines is 6. The monoisotopic (exact) mass is 768 g/mol. The molecule has 4 nitrogen and oxygen atoms in total. The average Bonchev–Trinajstić information content (AvgIpc) is 3.87. The molecule has 0 unspecified atom stereocenters. The highest BCUT2D eigenvalue weighted by Crippen LogP contribution is 2.47. The zero-order valence-electron chi connectivity index (χ0n) is 32.5. The van der Waals surface area contributed by atoms with E-state index in [9.17, 15) is 0 Å². The first-order chi connectivity index (χ1) is 29.7. The molecule has 2 aromatic heterocycles. The van der Waals surface area contributed by atoms with Gasteiger partial charge in [-0.2, -0.15) is 0 Å². The molecule has 2 heterocycles. The number of rotatable bonds is 7. The molecule has 4 heteroatoms. The van der Waals surface area contributed by atoms with E-state index in [0.29, 0.717) is 0 Å². The minimum Gasteiger partial charge on any atom is -0.456 e. The molecule has 0 N–H and O–H groups in total. The minimum absolute atomic E-state index is 0.857. The summed E-state index contributed by atoms with van der Waals surface area (Å²) >= 11 is 0. The fraction of sp³-hybridized carbons (Fsp3) is 0. The molecule has 0 saturated heterocycles. The normalized spacial score (nSPS) is 11.7. The summed E-state index contributed by atoms with van der Waals surface area (Å²) in [4.78, 5) is 4.73. The maximum atomic E-state index is 6.56. The predicted octanol–water partition coefficient (Wildman–Crippen LogP) is 16.4. The van der Waals surface area contributed by atoms with Crippen molar-refractivity contribution in [3.8, 4) is 11.1 Å². The fourth-order valence-corrected chi connectivity index (χ4v) is 8.99. The van der Waals surface area contributed by atoms with Crippen molar-refractivity contribution in [3.63, 3.8) is 0 Å². The summed E-state index contributed by atoms with van der Waals surface area (Å²) in [5.41, 5.74) is 12.1. The Morgan fingerprint density at radius 3 is 1.52 bits per heavy atom. The Balaban J connectivity index is 1.11. The highest BCUT2D eigenvalue weighted by molar-refractivity contribution is 6.21. The summed E-state index contributed by atoms with van der Waals surface area (Å²) in [5.74, 6) is 0. The number of benzene rings is 10. The number of furan rings is 2. The smallest absolute Gasteiger partial charge is 0.136 e. The van der Waals surface area contributed by atoms with Crippen molar-refractivity contribution >= 4 is 99.5 Å². The third kappa shape index (κ3) is 5.61.